The second-order valence-corrected chi connectivity index (χ2v) is 6.51. The largest absolute Gasteiger partial charge is 0.481 e. The molecule has 3 saturated carbocycles. The van der Waals surface area contributed by atoms with E-state index in [1.54, 1.807) is 0 Å². The van der Waals surface area contributed by atoms with Gasteiger partial charge >= 0.3 is 11.9 Å². The van der Waals surface area contributed by atoms with Crippen molar-refractivity contribution in [3.05, 3.63) is 0 Å². The van der Waals surface area contributed by atoms with E-state index in [9.17, 15) is 24.6 Å². The molecule has 3 rings (SSSR count). The van der Waals surface area contributed by atoms with Gasteiger partial charge in [-0.15, -0.1) is 0 Å². The number of nitrogens with two attached hydrogens (primary N) is 1. The Balaban J connectivity index is 0.00000121. The summed E-state index contributed by atoms with van der Waals surface area (Å²) in [5, 5.41) is 21.4. The predicted octanol–water partition coefficient (Wildman–Crippen LogP) is -2.25. The van der Waals surface area contributed by atoms with Gasteiger partial charge in [0, 0.05) is 5.92 Å². The van der Waals surface area contributed by atoms with Crippen LogP contribution in [0, 0.1) is 23.2 Å². The van der Waals surface area contributed by atoms with E-state index in [4.69, 9.17) is 5.73 Å². The molecule has 0 heterocycles. The van der Waals surface area contributed by atoms with Crippen LogP contribution < -0.4 is 11.1 Å². The summed E-state index contributed by atoms with van der Waals surface area (Å²) in [6.45, 7) is 1.48. The fourth-order valence-electron chi connectivity index (χ4n) is 4.19. The van der Waals surface area contributed by atoms with Crippen LogP contribution in [0.4, 0.5) is 0 Å². The molecule has 0 bridgehead atoms. The highest BCUT2D eigenvalue weighted by atomic mass is 16.4. The van der Waals surface area contributed by atoms with E-state index >= 15 is 0 Å². The molecule has 0 radical (unpaired) electrons. The first-order valence-electron chi connectivity index (χ1n) is 6.79. The fourth-order valence-corrected chi connectivity index (χ4v) is 4.19. The van der Waals surface area contributed by atoms with Crippen molar-refractivity contribution in [1.82, 2.24) is 5.32 Å². The number of aliphatic carboxylic acids is 2. The van der Waals surface area contributed by atoms with E-state index in [2.05, 4.69) is 5.32 Å². The Bertz CT molecular complexity index is 517. The first-order valence-corrected chi connectivity index (χ1v) is 6.79. The monoisotopic (exact) mass is 318 g/mol. The highest BCUT2D eigenvalue weighted by Crippen LogP contribution is 2.78. The Morgan fingerprint density at radius 3 is 2.09 bits per heavy atom. The number of carbonyl (C=O) groups excluding carboxylic acids is 1. The van der Waals surface area contributed by atoms with Crippen LogP contribution in [-0.2, 0) is 14.4 Å². The summed E-state index contributed by atoms with van der Waals surface area (Å²) < 4.78 is 0. The summed E-state index contributed by atoms with van der Waals surface area (Å²) in [5.74, 6) is -3.94. The zero-order valence-electron chi connectivity index (χ0n) is 12.1. The summed E-state index contributed by atoms with van der Waals surface area (Å²) in [5.41, 5.74) is 3.83. The number of carbonyl (C=O) groups is 3. The Kier molecular flexibility index (Phi) is 4.32. The van der Waals surface area contributed by atoms with Crippen molar-refractivity contribution in [1.29, 1.82) is 0 Å². The lowest BCUT2D eigenvalue weighted by atomic mass is 9.84. The van der Waals surface area contributed by atoms with E-state index in [0.717, 1.165) is 12.8 Å². The molecule has 3 unspecified atom stereocenters. The molecule has 9 nitrogen and oxygen atoms in total. The van der Waals surface area contributed by atoms with Crippen molar-refractivity contribution in [2.24, 2.45) is 28.9 Å². The molecule has 9 heteroatoms. The third kappa shape index (κ3) is 2.16. The Hall–Kier alpha value is -1.71. The van der Waals surface area contributed by atoms with Crippen molar-refractivity contribution < 1.29 is 35.5 Å². The molecule has 3 fully saturated rings. The molecule has 5 atom stereocenters. The van der Waals surface area contributed by atoms with Gasteiger partial charge in [-0.25, -0.2) is 4.79 Å². The standard InChI is InChI=1S/C13H18N2O5.2H2O/c1-5(14)9(16)15-13(11(19)20)4-12(2-3-12)7-6(8(7)13)10(17)18;;/h5-8H,2-4,14H2,1H3,(H,15,16)(H,17,18)(H,19,20);2*1H2/t5-,6-,7?,8?,13?;;/m0../s1. The van der Waals surface area contributed by atoms with E-state index in [1.807, 2.05) is 0 Å². The SMILES string of the molecule is C[C@H](N)C(=O)NC1(C(=O)O)CC2(CC2)C2C1[C@H]2C(=O)O.O.O. The molecule has 0 aromatic heterocycles. The lowest BCUT2D eigenvalue weighted by molar-refractivity contribution is -0.150. The molecule has 22 heavy (non-hydrogen) atoms. The van der Waals surface area contributed by atoms with Crippen LogP contribution in [0.25, 0.3) is 0 Å². The number of amides is 1. The molecule has 9 N–H and O–H groups in total. The van der Waals surface area contributed by atoms with Crippen LogP contribution in [-0.4, -0.2) is 50.6 Å². The summed E-state index contributed by atoms with van der Waals surface area (Å²) in [4.78, 5) is 34.9. The molecule has 3 aliphatic rings. The highest BCUT2D eigenvalue weighted by Gasteiger charge is 2.82. The average Bonchev–Trinajstić information content (AvgIpc) is 3.17. The first kappa shape index (κ1) is 18.3. The zero-order chi connectivity index (χ0) is 14.9. The topological polar surface area (TPSA) is 193 Å². The molecule has 0 aliphatic heterocycles. The number of carboxylic acids is 2. The second-order valence-electron chi connectivity index (χ2n) is 6.51. The van der Waals surface area contributed by atoms with Crippen LogP contribution in [0.1, 0.15) is 26.2 Å². The normalized spacial score (nSPS) is 37.1. The first-order chi connectivity index (χ1) is 9.25. The molecule has 1 amide bonds. The molecule has 1 spiro atoms. The maximum absolute atomic E-state index is 11.8. The minimum absolute atomic E-state index is 0. The number of fused-ring (bicyclic) bond motifs is 2. The number of hydrogen-bond donors (Lipinski definition) is 4. The number of hydrogen-bond acceptors (Lipinski definition) is 4. The van der Waals surface area contributed by atoms with E-state index in [1.165, 1.54) is 6.92 Å². The maximum atomic E-state index is 11.8. The predicted molar refractivity (Wildman–Crippen MR) is 73.8 cm³/mol. The van der Waals surface area contributed by atoms with E-state index in [0.29, 0.717) is 6.42 Å². The maximum Gasteiger partial charge on any atom is 0.329 e. The third-order valence-corrected chi connectivity index (χ3v) is 5.25. The van der Waals surface area contributed by atoms with Crippen LogP contribution in [0.5, 0.6) is 0 Å². The van der Waals surface area contributed by atoms with Crippen molar-refractivity contribution in [2.75, 3.05) is 0 Å². The summed E-state index contributed by atoms with van der Waals surface area (Å²) in [7, 11) is 0. The van der Waals surface area contributed by atoms with Gasteiger partial charge in [0.2, 0.25) is 5.91 Å². The lowest BCUT2D eigenvalue weighted by Crippen LogP contribution is -2.59. The third-order valence-electron chi connectivity index (χ3n) is 5.25. The lowest BCUT2D eigenvalue weighted by Gasteiger charge is -2.31. The summed E-state index contributed by atoms with van der Waals surface area (Å²) in [6.07, 6.45) is 2.02. The molecule has 0 aromatic carbocycles. The molecule has 126 valence electrons. The molecular weight excluding hydrogens is 296 g/mol. The van der Waals surface area contributed by atoms with E-state index < -0.39 is 41.3 Å². The van der Waals surface area contributed by atoms with Crippen molar-refractivity contribution in [3.63, 3.8) is 0 Å². The van der Waals surface area contributed by atoms with Gasteiger partial charge in [-0.1, -0.05) is 0 Å². The summed E-state index contributed by atoms with van der Waals surface area (Å²) >= 11 is 0. The van der Waals surface area contributed by atoms with Gasteiger partial charge in [-0.05, 0) is 37.5 Å². The van der Waals surface area contributed by atoms with Gasteiger partial charge in [0.05, 0.1) is 12.0 Å². The van der Waals surface area contributed by atoms with Crippen LogP contribution in [0.2, 0.25) is 0 Å². The molecule has 3 aliphatic carbocycles. The fraction of sp³-hybridized carbons (Fsp3) is 0.769. The van der Waals surface area contributed by atoms with Gasteiger partial charge < -0.3 is 32.2 Å². The van der Waals surface area contributed by atoms with Crippen LogP contribution in [0.3, 0.4) is 0 Å². The number of carboxylic acid groups (broad SMARTS) is 2. The van der Waals surface area contributed by atoms with Crippen molar-refractivity contribution in [3.8, 4) is 0 Å². The Labute approximate surface area is 126 Å². The van der Waals surface area contributed by atoms with Gasteiger partial charge in [-0.3, -0.25) is 9.59 Å². The van der Waals surface area contributed by atoms with Gasteiger partial charge in [0.1, 0.15) is 5.54 Å². The quantitative estimate of drug-likeness (QED) is 0.452. The molecular formula is C13H22N2O7. The number of nitrogens with one attached hydrogen (secondary N) is 1. The minimum atomic E-state index is -1.46. The smallest absolute Gasteiger partial charge is 0.329 e. The molecule has 0 aromatic rings. The van der Waals surface area contributed by atoms with E-state index in [-0.39, 0.29) is 22.3 Å². The highest BCUT2D eigenvalue weighted by molar-refractivity contribution is 5.92. The molecule has 0 saturated heterocycles. The van der Waals surface area contributed by atoms with Crippen LogP contribution in [0.15, 0.2) is 0 Å². The second kappa shape index (κ2) is 5.18. The zero-order valence-corrected chi connectivity index (χ0v) is 12.1. The minimum Gasteiger partial charge on any atom is -0.481 e. The van der Waals surface area contributed by atoms with Gasteiger partial charge in [0.15, 0.2) is 0 Å². The van der Waals surface area contributed by atoms with Crippen molar-refractivity contribution >= 4 is 17.8 Å². The van der Waals surface area contributed by atoms with Gasteiger partial charge in [-0.2, -0.15) is 0 Å². The summed E-state index contributed by atoms with van der Waals surface area (Å²) in [6, 6.07) is -0.817. The average molecular weight is 318 g/mol. The Morgan fingerprint density at radius 2 is 1.73 bits per heavy atom. The number of rotatable bonds is 4. The van der Waals surface area contributed by atoms with Crippen LogP contribution >= 0.6 is 0 Å². The Morgan fingerprint density at radius 1 is 1.18 bits per heavy atom. The van der Waals surface area contributed by atoms with Gasteiger partial charge in [0.25, 0.3) is 0 Å². The van der Waals surface area contributed by atoms with Crippen molar-refractivity contribution in [2.45, 2.75) is 37.8 Å².